The first-order chi connectivity index (χ1) is 8.43. The van der Waals surface area contributed by atoms with Crippen molar-refractivity contribution in [3.05, 3.63) is 57.3 Å². The van der Waals surface area contributed by atoms with Crippen molar-refractivity contribution in [2.45, 2.75) is 39.2 Å². The Balaban J connectivity index is 2.39. The Morgan fingerprint density at radius 2 is 1.72 bits per heavy atom. The molecule has 2 N–H and O–H groups in total. The number of hydrogen-bond acceptors (Lipinski definition) is 2. The van der Waals surface area contributed by atoms with Crippen LogP contribution in [0.15, 0.2) is 36.4 Å². The highest BCUT2D eigenvalue weighted by Gasteiger charge is 2.31. The molecule has 0 fully saturated rings. The molecule has 0 amide bonds. The van der Waals surface area contributed by atoms with Crippen molar-refractivity contribution in [3.63, 3.8) is 0 Å². The molecule has 2 aromatic rings. The van der Waals surface area contributed by atoms with Crippen molar-refractivity contribution < 1.29 is 0 Å². The maximum Gasteiger partial charge on any atom is 0.0485 e. The molecule has 1 nitrogen and oxygen atoms in total. The van der Waals surface area contributed by atoms with Crippen LogP contribution in [0.1, 0.15) is 40.8 Å². The van der Waals surface area contributed by atoms with Crippen molar-refractivity contribution in [1.29, 1.82) is 0 Å². The molecule has 0 bridgehead atoms. The third kappa shape index (κ3) is 2.36. The molecule has 96 valence electrons. The molecule has 0 saturated heterocycles. The molecule has 1 heterocycles. The van der Waals surface area contributed by atoms with Gasteiger partial charge >= 0.3 is 0 Å². The molecule has 2 heteroatoms. The molecule has 2 rings (SSSR count). The van der Waals surface area contributed by atoms with Gasteiger partial charge in [0.05, 0.1) is 0 Å². The summed E-state index contributed by atoms with van der Waals surface area (Å²) in [5.74, 6) is 0. The number of hydrogen-bond donors (Lipinski definition) is 1. The lowest BCUT2D eigenvalue weighted by atomic mass is 9.77. The number of thiophene rings is 1. The largest absolute Gasteiger partial charge is 0.323 e. The van der Waals surface area contributed by atoms with Gasteiger partial charge in [0.2, 0.25) is 0 Å². The van der Waals surface area contributed by atoms with Crippen molar-refractivity contribution in [2.24, 2.45) is 5.73 Å². The molecule has 0 aliphatic carbocycles. The molecule has 0 aliphatic rings. The van der Waals surface area contributed by atoms with Crippen LogP contribution < -0.4 is 5.73 Å². The van der Waals surface area contributed by atoms with Gasteiger partial charge in [-0.2, -0.15) is 0 Å². The van der Waals surface area contributed by atoms with Gasteiger partial charge in [-0.25, -0.2) is 0 Å². The molecule has 1 unspecified atom stereocenters. The van der Waals surface area contributed by atoms with Crippen LogP contribution in [-0.4, -0.2) is 0 Å². The molecular weight excluding hydrogens is 238 g/mol. The standard InChI is InChI=1S/C16H21NS/c1-11-10-12(2)18-14(11)15(17)16(3,4)13-8-6-5-7-9-13/h5-10,15H,17H2,1-4H3. The van der Waals surface area contributed by atoms with Crippen LogP contribution in [0.4, 0.5) is 0 Å². The lowest BCUT2D eigenvalue weighted by Crippen LogP contribution is -2.32. The van der Waals surface area contributed by atoms with Crippen LogP contribution in [-0.2, 0) is 5.41 Å². The summed E-state index contributed by atoms with van der Waals surface area (Å²) in [4.78, 5) is 2.64. The Morgan fingerprint density at radius 3 is 2.22 bits per heavy atom. The topological polar surface area (TPSA) is 26.0 Å². The minimum Gasteiger partial charge on any atom is -0.323 e. The fourth-order valence-corrected chi connectivity index (χ4v) is 3.57. The molecule has 0 aliphatic heterocycles. The highest BCUT2D eigenvalue weighted by molar-refractivity contribution is 7.12. The van der Waals surface area contributed by atoms with E-state index >= 15 is 0 Å². The molecule has 1 aromatic heterocycles. The summed E-state index contributed by atoms with van der Waals surface area (Å²) >= 11 is 1.82. The van der Waals surface area contributed by atoms with E-state index in [0.29, 0.717) is 0 Å². The SMILES string of the molecule is Cc1cc(C)c(C(N)C(C)(C)c2ccccc2)s1. The predicted octanol–water partition coefficient (Wildman–Crippen LogP) is 4.34. The zero-order valence-corrected chi connectivity index (χ0v) is 12.3. The average molecular weight is 259 g/mol. The van der Waals surface area contributed by atoms with Crippen molar-refractivity contribution >= 4 is 11.3 Å². The summed E-state index contributed by atoms with van der Waals surface area (Å²) in [6.45, 7) is 8.74. The first-order valence-corrected chi connectivity index (χ1v) is 7.12. The summed E-state index contributed by atoms with van der Waals surface area (Å²) in [6, 6.07) is 12.8. The van der Waals surface area contributed by atoms with E-state index in [2.05, 4.69) is 58.0 Å². The first kappa shape index (κ1) is 13.3. The van der Waals surface area contributed by atoms with Gasteiger partial charge in [-0.05, 0) is 31.0 Å². The van der Waals surface area contributed by atoms with Gasteiger partial charge in [0.1, 0.15) is 0 Å². The quantitative estimate of drug-likeness (QED) is 0.871. The van der Waals surface area contributed by atoms with Gasteiger partial charge in [0.25, 0.3) is 0 Å². The molecule has 18 heavy (non-hydrogen) atoms. The van der Waals surface area contributed by atoms with E-state index in [1.807, 2.05) is 17.4 Å². The van der Waals surface area contributed by atoms with Gasteiger partial charge in [-0.15, -0.1) is 11.3 Å². The Hall–Kier alpha value is -1.12. The summed E-state index contributed by atoms with van der Waals surface area (Å²) in [5.41, 5.74) is 9.09. The van der Waals surface area contributed by atoms with E-state index in [1.165, 1.54) is 20.9 Å². The van der Waals surface area contributed by atoms with Crippen molar-refractivity contribution in [1.82, 2.24) is 0 Å². The zero-order valence-electron chi connectivity index (χ0n) is 11.5. The van der Waals surface area contributed by atoms with E-state index in [0.717, 1.165) is 0 Å². The predicted molar refractivity (Wildman–Crippen MR) is 80.2 cm³/mol. The summed E-state index contributed by atoms with van der Waals surface area (Å²) in [6.07, 6.45) is 0. The Bertz CT molecular complexity index is 525. The molecule has 1 aromatic carbocycles. The van der Waals surface area contributed by atoms with Crippen LogP contribution in [0.3, 0.4) is 0 Å². The fraction of sp³-hybridized carbons (Fsp3) is 0.375. The fourth-order valence-electron chi connectivity index (χ4n) is 2.34. The maximum absolute atomic E-state index is 6.53. The average Bonchev–Trinajstić information content (AvgIpc) is 2.68. The van der Waals surface area contributed by atoms with Crippen LogP contribution in [0.2, 0.25) is 0 Å². The number of nitrogens with two attached hydrogens (primary N) is 1. The highest BCUT2D eigenvalue weighted by atomic mass is 32.1. The Labute approximate surface area is 114 Å². The van der Waals surface area contributed by atoms with Crippen LogP contribution in [0.5, 0.6) is 0 Å². The minimum atomic E-state index is -0.0523. The summed E-state index contributed by atoms with van der Waals surface area (Å²) in [7, 11) is 0. The maximum atomic E-state index is 6.53. The molecule has 0 spiro atoms. The Morgan fingerprint density at radius 1 is 1.11 bits per heavy atom. The van der Waals surface area contributed by atoms with E-state index in [4.69, 9.17) is 5.73 Å². The monoisotopic (exact) mass is 259 g/mol. The normalized spacial score (nSPS) is 13.6. The van der Waals surface area contributed by atoms with Crippen molar-refractivity contribution in [2.75, 3.05) is 0 Å². The number of rotatable bonds is 3. The smallest absolute Gasteiger partial charge is 0.0485 e. The summed E-state index contributed by atoms with van der Waals surface area (Å²) in [5, 5.41) is 0. The van der Waals surface area contributed by atoms with E-state index in [-0.39, 0.29) is 11.5 Å². The second-order valence-corrected chi connectivity index (χ2v) is 6.76. The van der Waals surface area contributed by atoms with E-state index < -0.39 is 0 Å². The van der Waals surface area contributed by atoms with E-state index in [9.17, 15) is 0 Å². The number of aryl methyl sites for hydroxylation is 2. The van der Waals surface area contributed by atoms with Crippen molar-refractivity contribution in [3.8, 4) is 0 Å². The molecule has 0 radical (unpaired) electrons. The molecule has 0 saturated carbocycles. The second-order valence-electron chi connectivity index (χ2n) is 5.47. The third-order valence-electron chi connectivity index (χ3n) is 3.66. The van der Waals surface area contributed by atoms with Gasteiger partial charge in [0, 0.05) is 21.2 Å². The van der Waals surface area contributed by atoms with Gasteiger partial charge in [0.15, 0.2) is 0 Å². The van der Waals surface area contributed by atoms with E-state index in [1.54, 1.807) is 0 Å². The zero-order chi connectivity index (χ0) is 13.3. The van der Waals surface area contributed by atoms with Gasteiger partial charge in [-0.3, -0.25) is 0 Å². The minimum absolute atomic E-state index is 0.0404. The molecule has 1 atom stereocenters. The summed E-state index contributed by atoms with van der Waals surface area (Å²) < 4.78 is 0. The molecular formula is C16H21NS. The lowest BCUT2D eigenvalue weighted by Gasteiger charge is -2.32. The first-order valence-electron chi connectivity index (χ1n) is 6.31. The van der Waals surface area contributed by atoms with Crippen LogP contribution in [0.25, 0.3) is 0 Å². The van der Waals surface area contributed by atoms with Gasteiger partial charge < -0.3 is 5.73 Å². The van der Waals surface area contributed by atoms with Crippen LogP contribution >= 0.6 is 11.3 Å². The third-order valence-corrected chi connectivity index (χ3v) is 4.89. The highest BCUT2D eigenvalue weighted by Crippen LogP contribution is 2.39. The van der Waals surface area contributed by atoms with Crippen LogP contribution in [0, 0.1) is 13.8 Å². The van der Waals surface area contributed by atoms with Gasteiger partial charge in [-0.1, -0.05) is 44.2 Å². The lowest BCUT2D eigenvalue weighted by molar-refractivity contribution is 0.425. The Kier molecular flexibility index (Phi) is 3.60. The number of benzene rings is 1. The second kappa shape index (κ2) is 4.87.